The van der Waals surface area contributed by atoms with Gasteiger partial charge in [-0.3, -0.25) is 10.1 Å². The number of aryl methyl sites for hydroxylation is 1. The normalized spacial score (nSPS) is 10.5. The highest BCUT2D eigenvalue weighted by atomic mass is 16.6. The van der Waals surface area contributed by atoms with Crippen LogP contribution < -0.4 is 0 Å². The maximum Gasteiger partial charge on any atom is 0.278 e. The summed E-state index contributed by atoms with van der Waals surface area (Å²) in [5, 5.41) is 21.6. The molecule has 0 aliphatic heterocycles. The predicted octanol–water partition coefficient (Wildman–Crippen LogP) is 1.71. The first-order valence-corrected chi connectivity index (χ1v) is 3.58. The maximum atomic E-state index is 10.5. The molecule has 1 aromatic carbocycles. The molecule has 0 saturated heterocycles. The van der Waals surface area contributed by atoms with Crippen LogP contribution in [0.3, 0.4) is 0 Å². The molecule has 0 aliphatic rings. The van der Waals surface area contributed by atoms with Crippen LogP contribution in [0.2, 0.25) is 0 Å². The molecular weight excluding hydrogens is 172 g/mol. The van der Waals surface area contributed by atoms with E-state index in [-0.39, 0.29) is 5.69 Å². The molecule has 0 fully saturated rings. The van der Waals surface area contributed by atoms with E-state index in [1.165, 1.54) is 6.07 Å². The standard InChI is InChI=1S/C8H8N2O3/c1-6-3-2-4-8(10(12)13)7(6)5-9-11/h2-5,11H,1H3/b9-5+. The zero-order chi connectivity index (χ0) is 9.84. The molecule has 0 atom stereocenters. The number of nitro groups is 1. The van der Waals surface area contributed by atoms with E-state index in [1.807, 2.05) is 0 Å². The molecule has 13 heavy (non-hydrogen) atoms. The Labute approximate surface area is 74.5 Å². The highest BCUT2D eigenvalue weighted by Crippen LogP contribution is 2.19. The molecule has 0 unspecified atom stereocenters. The minimum Gasteiger partial charge on any atom is -0.411 e. The Morgan fingerprint density at radius 1 is 1.62 bits per heavy atom. The van der Waals surface area contributed by atoms with E-state index in [0.29, 0.717) is 11.1 Å². The van der Waals surface area contributed by atoms with Crippen molar-refractivity contribution in [3.05, 3.63) is 39.4 Å². The third-order valence-corrected chi connectivity index (χ3v) is 1.68. The Hall–Kier alpha value is -1.91. The topological polar surface area (TPSA) is 75.7 Å². The fourth-order valence-corrected chi connectivity index (χ4v) is 1.05. The largest absolute Gasteiger partial charge is 0.411 e. The molecule has 1 aromatic rings. The van der Waals surface area contributed by atoms with E-state index in [9.17, 15) is 10.1 Å². The van der Waals surface area contributed by atoms with Crippen molar-refractivity contribution in [2.24, 2.45) is 5.16 Å². The lowest BCUT2D eigenvalue weighted by atomic mass is 10.1. The molecule has 68 valence electrons. The van der Waals surface area contributed by atoms with Gasteiger partial charge in [0, 0.05) is 6.07 Å². The third-order valence-electron chi connectivity index (χ3n) is 1.68. The highest BCUT2D eigenvalue weighted by Gasteiger charge is 2.12. The van der Waals surface area contributed by atoms with Crippen molar-refractivity contribution in [2.45, 2.75) is 6.92 Å². The Bertz CT molecular complexity index is 360. The summed E-state index contributed by atoms with van der Waals surface area (Å²) in [6.45, 7) is 1.71. The summed E-state index contributed by atoms with van der Waals surface area (Å²) in [6, 6.07) is 4.66. The van der Waals surface area contributed by atoms with Crippen LogP contribution in [0.25, 0.3) is 0 Å². The first kappa shape index (κ1) is 9.18. The van der Waals surface area contributed by atoms with Crippen molar-refractivity contribution < 1.29 is 10.1 Å². The molecule has 5 heteroatoms. The van der Waals surface area contributed by atoms with E-state index in [2.05, 4.69) is 5.16 Å². The van der Waals surface area contributed by atoms with Gasteiger partial charge in [0.05, 0.1) is 16.7 Å². The summed E-state index contributed by atoms with van der Waals surface area (Å²) in [5.41, 5.74) is 0.972. The lowest BCUT2D eigenvalue weighted by molar-refractivity contribution is -0.385. The van der Waals surface area contributed by atoms with Crippen LogP contribution in [-0.2, 0) is 0 Å². The number of benzene rings is 1. The van der Waals surface area contributed by atoms with Crippen molar-refractivity contribution in [1.29, 1.82) is 0 Å². The van der Waals surface area contributed by atoms with Gasteiger partial charge < -0.3 is 5.21 Å². The van der Waals surface area contributed by atoms with E-state index in [4.69, 9.17) is 5.21 Å². The second-order valence-corrected chi connectivity index (χ2v) is 2.51. The van der Waals surface area contributed by atoms with Crippen molar-refractivity contribution >= 4 is 11.9 Å². The van der Waals surface area contributed by atoms with Gasteiger partial charge in [0.15, 0.2) is 0 Å². The Kier molecular flexibility index (Phi) is 2.59. The summed E-state index contributed by atoms with van der Waals surface area (Å²) in [4.78, 5) is 10.0. The van der Waals surface area contributed by atoms with E-state index in [0.717, 1.165) is 6.21 Å². The number of nitrogens with zero attached hydrogens (tertiary/aromatic N) is 2. The molecule has 0 aliphatic carbocycles. The van der Waals surface area contributed by atoms with Gasteiger partial charge in [-0.2, -0.15) is 0 Å². The molecule has 1 rings (SSSR count). The van der Waals surface area contributed by atoms with Crippen molar-refractivity contribution in [2.75, 3.05) is 0 Å². The lowest BCUT2D eigenvalue weighted by Gasteiger charge is -1.99. The van der Waals surface area contributed by atoms with Crippen LogP contribution in [-0.4, -0.2) is 16.3 Å². The molecule has 0 spiro atoms. The number of hydrogen-bond donors (Lipinski definition) is 1. The monoisotopic (exact) mass is 180 g/mol. The van der Waals surface area contributed by atoms with Gasteiger partial charge in [0.25, 0.3) is 5.69 Å². The number of rotatable bonds is 2. The molecule has 0 bridgehead atoms. The number of oxime groups is 1. The Balaban J connectivity index is 3.33. The quantitative estimate of drug-likeness (QED) is 0.326. The zero-order valence-corrected chi connectivity index (χ0v) is 6.97. The van der Waals surface area contributed by atoms with Crippen LogP contribution in [0.5, 0.6) is 0 Å². The summed E-state index contributed by atoms with van der Waals surface area (Å²) < 4.78 is 0. The van der Waals surface area contributed by atoms with Gasteiger partial charge in [0.2, 0.25) is 0 Å². The molecule has 0 radical (unpaired) electrons. The molecular formula is C8H8N2O3. The molecule has 5 nitrogen and oxygen atoms in total. The van der Waals surface area contributed by atoms with Crippen LogP contribution >= 0.6 is 0 Å². The maximum absolute atomic E-state index is 10.5. The van der Waals surface area contributed by atoms with Gasteiger partial charge in [0.1, 0.15) is 0 Å². The number of nitro benzene ring substituents is 1. The summed E-state index contributed by atoms with van der Waals surface area (Å²) in [6.07, 6.45) is 1.06. The van der Waals surface area contributed by atoms with Crippen LogP contribution in [0.15, 0.2) is 23.4 Å². The predicted molar refractivity (Wildman–Crippen MR) is 47.2 cm³/mol. The fraction of sp³-hybridized carbons (Fsp3) is 0.125. The average molecular weight is 180 g/mol. The lowest BCUT2D eigenvalue weighted by Crippen LogP contribution is -1.96. The Morgan fingerprint density at radius 2 is 2.31 bits per heavy atom. The summed E-state index contributed by atoms with van der Waals surface area (Å²) in [7, 11) is 0. The first-order chi connectivity index (χ1) is 6.16. The fourth-order valence-electron chi connectivity index (χ4n) is 1.05. The zero-order valence-electron chi connectivity index (χ0n) is 6.97. The second kappa shape index (κ2) is 3.66. The van der Waals surface area contributed by atoms with Gasteiger partial charge >= 0.3 is 0 Å². The first-order valence-electron chi connectivity index (χ1n) is 3.58. The van der Waals surface area contributed by atoms with Crippen LogP contribution in [0, 0.1) is 17.0 Å². The van der Waals surface area contributed by atoms with Crippen molar-refractivity contribution in [3.63, 3.8) is 0 Å². The molecule has 0 amide bonds. The van der Waals surface area contributed by atoms with Crippen molar-refractivity contribution in [1.82, 2.24) is 0 Å². The van der Waals surface area contributed by atoms with Crippen LogP contribution in [0.4, 0.5) is 5.69 Å². The number of hydrogen-bond acceptors (Lipinski definition) is 4. The third kappa shape index (κ3) is 1.81. The minimum absolute atomic E-state index is 0.0576. The molecule has 1 N–H and O–H groups in total. The summed E-state index contributed by atoms with van der Waals surface area (Å²) in [5.74, 6) is 0. The van der Waals surface area contributed by atoms with E-state index < -0.39 is 4.92 Å². The minimum atomic E-state index is -0.510. The second-order valence-electron chi connectivity index (χ2n) is 2.51. The highest BCUT2D eigenvalue weighted by molar-refractivity contribution is 5.86. The van der Waals surface area contributed by atoms with Gasteiger partial charge in [-0.15, -0.1) is 0 Å². The van der Waals surface area contributed by atoms with Gasteiger partial charge in [-0.05, 0) is 12.5 Å². The molecule has 0 saturated carbocycles. The average Bonchev–Trinajstić information content (AvgIpc) is 2.08. The smallest absolute Gasteiger partial charge is 0.278 e. The van der Waals surface area contributed by atoms with Gasteiger partial charge in [-0.25, -0.2) is 0 Å². The van der Waals surface area contributed by atoms with Crippen LogP contribution in [0.1, 0.15) is 11.1 Å². The van der Waals surface area contributed by atoms with E-state index >= 15 is 0 Å². The molecule has 0 aromatic heterocycles. The molecule has 0 heterocycles. The SMILES string of the molecule is Cc1cccc([N+](=O)[O-])c1/C=N/O. The summed E-state index contributed by atoms with van der Waals surface area (Å²) >= 11 is 0. The Morgan fingerprint density at radius 3 is 2.85 bits per heavy atom. The van der Waals surface area contributed by atoms with Gasteiger partial charge in [-0.1, -0.05) is 17.3 Å². The van der Waals surface area contributed by atoms with E-state index in [1.54, 1.807) is 19.1 Å². The van der Waals surface area contributed by atoms with Crippen molar-refractivity contribution in [3.8, 4) is 0 Å².